The molecule has 0 radical (unpaired) electrons. The second-order valence-corrected chi connectivity index (χ2v) is 4.45. The third-order valence-electron chi connectivity index (χ3n) is 2.19. The van der Waals surface area contributed by atoms with Crippen LogP contribution in [0.15, 0.2) is 18.3 Å². The van der Waals surface area contributed by atoms with Gasteiger partial charge in [-0.3, -0.25) is 4.40 Å². The van der Waals surface area contributed by atoms with Crippen molar-refractivity contribution in [3.8, 4) is 6.07 Å². The number of fused-ring (bicyclic) bond motifs is 1. The molecule has 0 fully saturated rings. The molecular weight excluding hydrogens is 303 g/mol. The van der Waals surface area contributed by atoms with Crippen molar-refractivity contribution < 1.29 is 0 Å². The quantitative estimate of drug-likeness (QED) is 0.755. The molecule has 0 aromatic carbocycles. The third-order valence-corrected chi connectivity index (χ3v) is 2.95. The predicted octanol–water partition coefficient (Wildman–Crippen LogP) is 1.88. The molecule has 0 saturated carbocycles. The second kappa shape index (κ2) is 3.70. The maximum absolute atomic E-state index is 9.18. The molecule has 2 rings (SSSR count). The van der Waals surface area contributed by atoms with Crippen LogP contribution in [-0.4, -0.2) is 23.5 Å². The molecule has 2 aromatic rings. The molecule has 0 atom stereocenters. The van der Waals surface area contributed by atoms with E-state index in [2.05, 4.69) is 33.6 Å². The molecule has 0 unspecified atom stereocenters. The summed E-state index contributed by atoms with van der Waals surface area (Å²) in [5, 5.41) is 9.18. The van der Waals surface area contributed by atoms with Crippen molar-refractivity contribution in [2.75, 3.05) is 19.0 Å². The molecule has 0 aliphatic rings. The number of nitriles is 1. The number of pyridine rings is 1. The van der Waals surface area contributed by atoms with Crippen LogP contribution < -0.4 is 4.90 Å². The number of hydrogen-bond donors (Lipinski definition) is 0. The van der Waals surface area contributed by atoms with Crippen LogP contribution in [0.3, 0.4) is 0 Å². The van der Waals surface area contributed by atoms with Gasteiger partial charge in [-0.25, -0.2) is 4.98 Å². The van der Waals surface area contributed by atoms with Gasteiger partial charge < -0.3 is 4.90 Å². The molecule has 0 aliphatic heterocycles. The first-order chi connectivity index (χ1) is 7.15. The molecule has 0 amide bonds. The molecule has 0 aliphatic carbocycles. The van der Waals surface area contributed by atoms with E-state index < -0.39 is 0 Å². The van der Waals surface area contributed by atoms with Crippen LogP contribution in [0.1, 0.15) is 5.69 Å². The molecular formula is C10H9IN4. The minimum atomic E-state index is 0.624. The maximum atomic E-state index is 9.18. The van der Waals surface area contributed by atoms with Gasteiger partial charge >= 0.3 is 0 Å². The Morgan fingerprint density at radius 2 is 2.20 bits per heavy atom. The lowest BCUT2D eigenvalue weighted by Crippen LogP contribution is -2.12. The summed E-state index contributed by atoms with van der Waals surface area (Å²) in [5.41, 5.74) is 2.34. The lowest BCUT2D eigenvalue weighted by Gasteiger charge is -2.15. The Morgan fingerprint density at radius 1 is 1.47 bits per heavy atom. The zero-order valence-electron chi connectivity index (χ0n) is 8.40. The van der Waals surface area contributed by atoms with Crippen LogP contribution >= 0.6 is 22.6 Å². The van der Waals surface area contributed by atoms with Crippen molar-refractivity contribution in [3.05, 3.63) is 27.7 Å². The average Bonchev–Trinajstić information content (AvgIpc) is 2.59. The highest BCUT2D eigenvalue weighted by atomic mass is 127. The van der Waals surface area contributed by atoms with Crippen molar-refractivity contribution >= 4 is 33.9 Å². The normalized spacial score (nSPS) is 10.3. The number of hydrogen-bond acceptors (Lipinski definition) is 3. The minimum absolute atomic E-state index is 0.624. The van der Waals surface area contributed by atoms with Crippen molar-refractivity contribution in [2.45, 2.75) is 0 Å². The Hall–Kier alpha value is -1.29. The first kappa shape index (κ1) is 10.2. The summed E-state index contributed by atoms with van der Waals surface area (Å²) in [5.74, 6) is 0. The molecule has 2 heterocycles. The molecule has 76 valence electrons. The van der Waals surface area contributed by atoms with Gasteiger partial charge in [0.25, 0.3) is 0 Å². The Kier molecular flexibility index (Phi) is 2.52. The zero-order chi connectivity index (χ0) is 11.0. The first-order valence-electron chi connectivity index (χ1n) is 4.38. The summed E-state index contributed by atoms with van der Waals surface area (Å²) in [4.78, 5) is 6.14. The topological polar surface area (TPSA) is 44.3 Å². The van der Waals surface area contributed by atoms with Crippen LogP contribution in [0.2, 0.25) is 0 Å². The Balaban J connectivity index is 2.87. The van der Waals surface area contributed by atoms with E-state index in [9.17, 15) is 5.26 Å². The fourth-order valence-electron chi connectivity index (χ4n) is 1.50. The van der Waals surface area contributed by atoms with E-state index in [0.29, 0.717) is 5.69 Å². The molecule has 0 saturated heterocycles. The molecule has 5 heteroatoms. The van der Waals surface area contributed by atoms with Crippen molar-refractivity contribution in [2.24, 2.45) is 0 Å². The smallest absolute Gasteiger partial charge is 0.150 e. The van der Waals surface area contributed by atoms with E-state index in [1.807, 2.05) is 35.5 Å². The second-order valence-electron chi connectivity index (χ2n) is 3.35. The lowest BCUT2D eigenvalue weighted by atomic mass is 10.3. The standard InChI is InChI=1S/C10H9IN4/c1-14(2)7-3-4-10-13-6-9(11)15(10)8(7)5-12/h3-4,6H,1-2H3. The SMILES string of the molecule is CN(C)c1ccc2ncc(I)n2c1C#N. The number of imidazole rings is 1. The number of aromatic nitrogens is 2. The monoisotopic (exact) mass is 312 g/mol. The molecule has 4 nitrogen and oxygen atoms in total. The summed E-state index contributed by atoms with van der Waals surface area (Å²) >= 11 is 2.17. The Bertz CT molecular complexity index is 550. The highest BCUT2D eigenvalue weighted by molar-refractivity contribution is 14.1. The summed E-state index contributed by atoms with van der Waals surface area (Å²) in [6, 6.07) is 6.05. The molecule has 0 N–H and O–H groups in total. The van der Waals surface area contributed by atoms with E-state index in [-0.39, 0.29) is 0 Å². The van der Waals surface area contributed by atoms with Gasteiger partial charge in [-0.05, 0) is 34.7 Å². The molecule has 2 aromatic heterocycles. The van der Waals surface area contributed by atoms with Gasteiger partial charge in [-0.1, -0.05) is 0 Å². The lowest BCUT2D eigenvalue weighted by molar-refractivity contribution is 1.05. The van der Waals surface area contributed by atoms with Crippen molar-refractivity contribution in [1.82, 2.24) is 9.38 Å². The zero-order valence-corrected chi connectivity index (χ0v) is 10.6. The minimum Gasteiger partial charge on any atom is -0.375 e. The Morgan fingerprint density at radius 3 is 2.80 bits per heavy atom. The first-order valence-corrected chi connectivity index (χ1v) is 5.46. The van der Waals surface area contributed by atoms with Crippen LogP contribution in [-0.2, 0) is 0 Å². The van der Waals surface area contributed by atoms with Gasteiger partial charge in [0, 0.05) is 14.1 Å². The van der Waals surface area contributed by atoms with Gasteiger partial charge in [0.2, 0.25) is 0 Å². The maximum Gasteiger partial charge on any atom is 0.150 e. The van der Waals surface area contributed by atoms with Gasteiger partial charge in [-0.15, -0.1) is 0 Å². The van der Waals surface area contributed by atoms with Gasteiger partial charge in [-0.2, -0.15) is 5.26 Å². The van der Waals surface area contributed by atoms with Gasteiger partial charge in [0.05, 0.1) is 11.9 Å². The number of halogens is 1. The van der Waals surface area contributed by atoms with Crippen LogP contribution in [0, 0.1) is 15.0 Å². The molecule has 0 spiro atoms. The van der Waals surface area contributed by atoms with Crippen LogP contribution in [0.25, 0.3) is 5.65 Å². The van der Waals surface area contributed by atoms with Gasteiger partial charge in [0.15, 0.2) is 0 Å². The van der Waals surface area contributed by atoms with Gasteiger partial charge in [0.1, 0.15) is 21.1 Å². The van der Waals surface area contributed by atoms with E-state index in [4.69, 9.17) is 0 Å². The number of anilines is 1. The molecule has 0 bridgehead atoms. The van der Waals surface area contributed by atoms with Crippen LogP contribution in [0.4, 0.5) is 5.69 Å². The van der Waals surface area contributed by atoms with E-state index >= 15 is 0 Å². The highest BCUT2D eigenvalue weighted by Gasteiger charge is 2.11. The van der Waals surface area contributed by atoms with Crippen molar-refractivity contribution in [3.63, 3.8) is 0 Å². The Labute approximate surface area is 101 Å². The molecule has 15 heavy (non-hydrogen) atoms. The van der Waals surface area contributed by atoms with E-state index in [1.165, 1.54) is 0 Å². The highest BCUT2D eigenvalue weighted by Crippen LogP contribution is 2.21. The van der Waals surface area contributed by atoms with Crippen molar-refractivity contribution in [1.29, 1.82) is 5.26 Å². The fourth-order valence-corrected chi connectivity index (χ4v) is 2.13. The fraction of sp³-hybridized carbons (Fsp3) is 0.200. The number of rotatable bonds is 1. The summed E-state index contributed by atoms with van der Waals surface area (Å²) in [6.07, 6.45) is 1.76. The summed E-state index contributed by atoms with van der Waals surface area (Å²) in [6.45, 7) is 0. The van der Waals surface area contributed by atoms with Crippen LogP contribution in [0.5, 0.6) is 0 Å². The predicted molar refractivity (Wildman–Crippen MR) is 67.0 cm³/mol. The third kappa shape index (κ3) is 1.55. The largest absolute Gasteiger partial charge is 0.375 e. The summed E-state index contributed by atoms with van der Waals surface area (Å²) in [7, 11) is 3.84. The number of nitrogens with zero attached hydrogens (tertiary/aromatic N) is 4. The average molecular weight is 312 g/mol. The van der Waals surface area contributed by atoms with E-state index in [0.717, 1.165) is 15.0 Å². The summed E-state index contributed by atoms with van der Waals surface area (Å²) < 4.78 is 2.80. The van der Waals surface area contributed by atoms with E-state index in [1.54, 1.807) is 6.20 Å².